The smallest absolute Gasteiger partial charge is 0.319 e. The van der Waals surface area contributed by atoms with Crippen molar-refractivity contribution in [1.82, 2.24) is 10.2 Å². The highest BCUT2D eigenvalue weighted by Gasteiger charge is 2.10. The second-order valence-corrected chi connectivity index (χ2v) is 4.87. The van der Waals surface area contributed by atoms with E-state index >= 15 is 0 Å². The van der Waals surface area contributed by atoms with Crippen LogP contribution < -0.4 is 10.6 Å². The highest BCUT2D eigenvalue weighted by atomic mass is 35.5. The summed E-state index contributed by atoms with van der Waals surface area (Å²) in [5.74, 6) is -0.437. The zero-order chi connectivity index (χ0) is 14.4. The van der Waals surface area contributed by atoms with E-state index in [4.69, 9.17) is 16.3 Å². The number of benzene rings is 1. The number of ether oxygens (including phenoxy) is 1. The molecule has 20 heavy (non-hydrogen) atoms. The lowest BCUT2D eigenvalue weighted by atomic mass is 10.3. The molecule has 0 aromatic heterocycles. The van der Waals surface area contributed by atoms with E-state index in [1.807, 2.05) is 0 Å². The molecule has 5 nitrogen and oxygen atoms in total. The van der Waals surface area contributed by atoms with Crippen LogP contribution in [0, 0.1) is 5.82 Å². The number of halogens is 2. The Kier molecular flexibility index (Phi) is 5.58. The molecule has 0 aliphatic carbocycles. The molecule has 1 aromatic carbocycles. The second kappa shape index (κ2) is 7.42. The first-order valence-electron chi connectivity index (χ1n) is 6.45. The normalized spacial score (nSPS) is 15.9. The maximum atomic E-state index is 12.9. The summed E-state index contributed by atoms with van der Waals surface area (Å²) >= 11 is 5.82. The van der Waals surface area contributed by atoms with Gasteiger partial charge in [0, 0.05) is 26.2 Å². The van der Waals surface area contributed by atoms with Gasteiger partial charge in [0.1, 0.15) is 5.82 Å². The monoisotopic (exact) mass is 301 g/mol. The fourth-order valence-electron chi connectivity index (χ4n) is 1.91. The van der Waals surface area contributed by atoms with Crippen molar-refractivity contribution >= 4 is 23.3 Å². The highest BCUT2D eigenvalue weighted by Crippen LogP contribution is 2.22. The molecule has 0 atom stereocenters. The second-order valence-electron chi connectivity index (χ2n) is 4.46. The average molecular weight is 302 g/mol. The van der Waals surface area contributed by atoms with Gasteiger partial charge in [-0.15, -0.1) is 0 Å². The summed E-state index contributed by atoms with van der Waals surface area (Å²) in [4.78, 5) is 13.9. The number of rotatable bonds is 4. The van der Waals surface area contributed by atoms with Gasteiger partial charge in [0.25, 0.3) is 0 Å². The van der Waals surface area contributed by atoms with Crippen molar-refractivity contribution in [2.24, 2.45) is 0 Å². The van der Waals surface area contributed by atoms with Crippen LogP contribution in [0.4, 0.5) is 14.9 Å². The minimum Gasteiger partial charge on any atom is -0.379 e. The molecule has 1 aromatic rings. The molecule has 0 radical (unpaired) electrons. The van der Waals surface area contributed by atoms with Crippen LogP contribution in [-0.4, -0.2) is 50.3 Å². The topological polar surface area (TPSA) is 53.6 Å². The van der Waals surface area contributed by atoms with Crippen molar-refractivity contribution < 1.29 is 13.9 Å². The molecule has 2 rings (SSSR count). The summed E-state index contributed by atoms with van der Waals surface area (Å²) in [6.07, 6.45) is 0. The molecular formula is C13H17ClFN3O2. The number of anilines is 1. The van der Waals surface area contributed by atoms with E-state index < -0.39 is 5.82 Å². The standard InChI is InChI=1S/C13H17ClFN3O2/c14-11-9-10(15)1-2-12(11)17-13(19)16-3-4-18-5-7-20-8-6-18/h1-2,9H,3-8H2,(H2,16,17,19). The van der Waals surface area contributed by atoms with E-state index in [2.05, 4.69) is 15.5 Å². The van der Waals surface area contributed by atoms with Gasteiger partial charge in [-0.2, -0.15) is 0 Å². The number of urea groups is 1. The van der Waals surface area contributed by atoms with Crippen LogP contribution in [0.2, 0.25) is 5.02 Å². The Balaban J connectivity index is 1.72. The number of carbonyl (C=O) groups is 1. The predicted molar refractivity (Wildman–Crippen MR) is 75.7 cm³/mol. The van der Waals surface area contributed by atoms with Crippen molar-refractivity contribution in [3.05, 3.63) is 29.0 Å². The molecule has 0 bridgehead atoms. The zero-order valence-electron chi connectivity index (χ0n) is 11.0. The molecule has 1 heterocycles. The first kappa shape index (κ1) is 15.0. The summed E-state index contributed by atoms with van der Waals surface area (Å²) in [7, 11) is 0. The van der Waals surface area contributed by atoms with Crippen molar-refractivity contribution in [1.29, 1.82) is 0 Å². The summed E-state index contributed by atoms with van der Waals surface area (Å²) in [5, 5.41) is 5.49. The first-order chi connectivity index (χ1) is 9.65. The molecule has 1 aliphatic heterocycles. The van der Waals surface area contributed by atoms with Crippen LogP contribution in [0.3, 0.4) is 0 Å². The molecule has 0 spiro atoms. The Labute approximate surface area is 122 Å². The molecule has 110 valence electrons. The Hall–Kier alpha value is -1.37. The zero-order valence-corrected chi connectivity index (χ0v) is 11.8. The maximum Gasteiger partial charge on any atom is 0.319 e. The quantitative estimate of drug-likeness (QED) is 0.893. The van der Waals surface area contributed by atoms with Gasteiger partial charge in [-0.3, -0.25) is 4.90 Å². The van der Waals surface area contributed by atoms with Gasteiger partial charge in [-0.05, 0) is 18.2 Å². The van der Waals surface area contributed by atoms with Crippen LogP contribution in [0.15, 0.2) is 18.2 Å². The van der Waals surface area contributed by atoms with Gasteiger partial charge in [0.05, 0.1) is 23.9 Å². The van der Waals surface area contributed by atoms with Gasteiger partial charge < -0.3 is 15.4 Å². The number of morpholine rings is 1. The number of amides is 2. The Bertz CT molecular complexity index is 467. The van der Waals surface area contributed by atoms with Crippen molar-refractivity contribution in [3.8, 4) is 0 Å². The summed E-state index contributed by atoms with van der Waals surface area (Å²) in [6, 6.07) is 3.48. The van der Waals surface area contributed by atoms with Gasteiger partial charge in [-0.1, -0.05) is 11.6 Å². The van der Waals surface area contributed by atoms with E-state index in [1.54, 1.807) is 0 Å². The van der Waals surface area contributed by atoms with E-state index in [0.717, 1.165) is 38.9 Å². The van der Waals surface area contributed by atoms with E-state index in [0.29, 0.717) is 12.2 Å². The van der Waals surface area contributed by atoms with E-state index in [1.165, 1.54) is 12.1 Å². The lowest BCUT2D eigenvalue weighted by Gasteiger charge is -2.26. The Morgan fingerprint density at radius 1 is 1.40 bits per heavy atom. The molecule has 7 heteroatoms. The third kappa shape index (κ3) is 4.63. The van der Waals surface area contributed by atoms with Crippen molar-refractivity contribution in [2.45, 2.75) is 0 Å². The molecule has 0 unspecified atom stereocenters. The predicted octanol–water partition coefficient (Wildman–Crippen LogP) is 1.93. The molecule has 0 saturated carbocycles. The van der Waals surface area contributed by atoms with E-state index in [-0.39, 0.29) is 11.1 Å². The summed E-state index contributed by atoms with van der Waals surface area (Å²) in [5.41, 5.74) is 0.386. The molecular weight excluding hydrogens is 285 g/mol. The maximum absolute atomic E-state index is 12.9. The number of nitrogens with zero attached hydrogens (tertiary/aromatic N) is 1. The van der Waals surface area contributed by atoms with Crippen LogP contribution in [0.25, 0.3) is 0 Å². The minimum absolute atomic E-state index is 0.174. The molecule has 1 saturated heterocycles. The van der Waals surface area contributed by atoms with Gasteiger partial charge in [0.15, 0.2) is 0 Å². The summed E-state index contributed by atoms with van der Waals surface area (Å²) < 4.78 is 18.1. The first-order valence-corrected chi connectivity index (χ1v) is 6.83. The van der Waals surface area contributed by atoms with Gasteiger partial charge in [-0.25, -0.2) is 9.18 Å². The lowest BCUT2D eigenvalue weighted by molar-refractivity contribution is 0.0388. The largest absolute Gasteiger partial charge is 0.379 e. The summed E-state index contributed by atoms with van der Waals surface area (Å²) in [6.45, 7) is 4.54. The molecule has 2 N–H and O–H groups in total. The molecule has 1 aliphatic rings. The average Bonchev–Trinajstić information content (AvgIpc) is 2.43. The lowest BCUT2D eigenvalue weighted by Crippen LogP contribution is -2.42. The minimum atomic E-state index is -0.437. The van der Waals surface area contributed by atoms with Gasteiger partial charge >= 0.3 is 6.03 Å². The third-order valence-electron chi connectivity index (χ3n) is 3.00. The van der Waals surface area contributed by atoms with Crippen molar-refractivity contribution in [2.75, 3.05) is 44.7 Å². The van der Waals surface area contributed by atoms with E-state index in [9.17, 15) is 9.18 Å². The Morgan fingerprint density at radius 3 is 2.85 bits per heavy atom. The fraction of sp³-hybridized carbons (Fsp3) is 0.462. The van der Waals surface area contributed by atoms with Crippen LogP contribution in [0.1, 0.15) is 0 Å². The van der Waals surface area contributed by atoms with Crippen molar-refractivity contribution in [3.63, 3.8) is 0 Å². The fourth-order valence-corrected chi connectivity index (χ4v) is 2.12. The number of hydrogen-bond acceptors (Lipinski definition) is 3. The van der Waals surface area contributed by atoms with Crippen LogP contribution >= 0.6 is 11.6 Å². The Morgan fingerprint density at radius 2 is 2.15 bits per heavy atom. The SMILES string of the molecule is O=C(NCCN1CCOCC1)Nc1ccc(F)cc1Cl. The van der Waals surface area contributed by atoms with Crippen LogP contribution in [-0.2, 0) is 4.74 Å². The van der Waals surface area contributed by atoms with Gasteiger partial charge in [0.2, 0.25) is 0 Å². The third-order valence-corrected chi connectivity index (χ3v) is 3.31. The highest BCUT2D eigenvalue weighted by molar-refractivity contribution is 6.33. The number of carbonyl (C=O) groups excluding carboxylic acids is 1. The molecule has 2 amide bonds. The number of nitrogens with one attached hydrogen (secondary N) is 2. The molecule has 1 fully saturated rings. The van der Waals surface area contributed by atoms with Crippen LogP contribution in [0.5, 0.6) is 0 Å². The number of hydrogen-bond donors (Lipinski definition) is 2.